The number of amides is 1. The molecule has 0 bridgehead atoms. The summed E-state index contributed by atoms with van der Waals surface area (Å²) in [6.07, 6.45) is 3.40. The molecule has 6 heteroatoms. The zero-order chi connectivity index (χ0) is 15.6. The lowest BCUT2D eigenvalue weighted by Crippen LogP contribution is -2.24. The van der Waals surface area contributed by atoms with Crippen LogP contribution in [0, 0.1) is 20.8 Å². The number of aromatic amines is 1. The van der Waals surface area contributed by atoms with Crippen molar-refractivity contribution in [3.8, 4) is 0 Å². The molecule has 0 aliphatic rings. The van der Waals surface area contributed by atoms with Crippen LogP contribution in [0.15, 0.2) is 18.5 Å². The second kappa shape index (κ2) is 5.78. The molecule has 0 aromatic carbocycles. The molecule has 0 aliphatic heterocycles. The Kier molecular flexibility index (Phi) is 4.07. The van der Waals surface area contributed by atoms with E-state index in [0.29, 0.717) is 23.4 Å². The molecule has 21 heavy (non-hydrogen) atoms. The summed E-state index contributed by atoms with van der Waals surface area (Å²) in [7, 11) is 0. The molecular formula is C15H17N3O3. The molecule has 110 valence electrons. The topological polar surface area (TPSA) is 95.1 Å². The van der Waals surface area contributed by atoms with Crippen LogP contribution in [-0.2, 0) is 6.54 Å². The molecule has 0 spiro atoms. The van der Waals surface area contributed by atoms with Crippen molar-refractivity contribution in [3.63, 3.8) is 0 Å². The molecule has 0 saturated heterocycles. The summed E-state index contributed by atoms with van der Waals surface area (Å²) >= 11 is 0. The first-order valence-corrected chi connectivity index (χ1v) is 6.52. The Labute approximate surface area is 122 Å². The van der Waals surface area contributed by atoms with Crippen molar-refractivity contribution in [1.82, 2.24) is 15.3 Å². The van der Waals surface area contributed by atoms with E-state index in [4.69, 9.17) is 5.11 Å². The van der Waals surface area contributed by atoms with Gasteiger partial charge in [-0.1, -0.05) is 0 Å². The number of hydrogen-bond acceptors (Lipinski definition) is 3. The van der Waals surface area contributed by atoms with Gasteiger partial charge in [0, 0.05) is 24.6 Å². The normalized spacial score (nSPS) is 10.4. The number of carbonyl (C=O) groups is 2. The van der Waals surface area contributed by atoms with Gasteiger partial charge in [0.15, 0.2) is 0 Å². The SMILES string of the molecule is Cc1ccncc1CNC(=O)c1c(C)[nH]c(C(=O)O)c1C. The van der Waals surface area contributed by atoms with Crippen LogP contribution in [0.5, 0.6) is 0 Å². The first kappa shape index (κ1) is 14.8. The molecule has 1 amide bonds. The van der Waals surface area contributed by atoms with E-state index in [1.807, 2.05) is 13.0 Å². The second-order valence-corrected chi connectivity index (χ2v) is 4.91. The van der Waals surface area contributed by atoms with Crippen molar-refractivity contribution in [1.29, 1.82) is 0 Å². The Morgan fingerprint density at radius 1 is 1.33 bits per heavy atom. The standard InChI is InChI=1S/C15H17N3O3/c1-8-4-5-16-6-11(8)7-17-14(19)12-9(2)13(15(20)21)18-10(12)3/h4-6,18H,7H2,1-3H3,(H,17,19)(H,20,21). The highest BCUT2D eigenvalue weighted by Crippen LogP contribution is 2.18. The maximum atomic E-state index is 12.3. The van der Waals surface area contributed by atoms with E-state index in [1.165, 1.54) is 0 Å². The van der Waals surface area contributed by atoms with Crippen molar-refractivity contribution >= 4 is 11.9 Å². The summed E-state index contributed by atoms with van der Waals surface area (Å²) < 4.78 is 0. The summed E-state index contributed by atoms with van der Waals surface area (Å²) in [6.45, 7) is 5.60. The fraction of sp³-hybridized carbons (Fsp3) is 0.267. The summed E-state index contributed by atoms with van der Waals surface area (Å²) in [6, 6.07) is 1.87. The lowest BCUT2D eigenvalue weighted by atomic mass is 10.1. The van der Waals surface area contributed by atoms with Crippen LogP contribution in [0.2, 0.25) is 0 Å². The average molecular weight is 287 g/mol. The van der Waals surface area contributed by atoms with Gasteiger partial charge in [-0.3, -0.25) is 9.78 Å². The van der Waals surface area contributed by atoms with E-state index in [0.717, 1.165) is 11.1 Å². The highest BCUT2D eigenvalue weighted by molar-refractivity contribution is 6.00. The highest BCUT2D eigenvalue weighted by atomic mass is 16.4. The van der Waals surface area contributed by atoms with Crippen molar-refractivity contribution < 1.29 is 14.7 Å². The third-order valence-electron chi connectivity index (χ3n) is 3.47. The van der Waals surface area contributed by atoms with Crippen LogP contribution in [0.1, 0.15) is 43.2 Å². The molecule has 2 rings (SSSR count). The van der Waals surface area contributed by atoms with E-state index in [1.54, 1.807) is 26.2 Å². The van der Waals surface area contributed by atoms with E-state index in [-0.39, 0.29) is 11.6 Å². The molecule has 2 heterocycles. The predicted molar refractivity (Wildman–Crippen MR) is 77.4 cm³/mol. The van der Waals surface area contributed by atoms with Crippen LogP contribution in [0.25, 0.3) is 0 Å². The van der Waals surface area contributed by atoms with Gasteiger partial charge in [0.05, 0.1) is 5.56 Å². The van der Waals surface area contributed by atoms with Crippen LogP contribution < -0.4 is 5.32 Å². The molecule has 0 unspecified atom stereocenters. The first-order valence-electron chi connectivity index (χ1n) is 6.52. The fourth-order valence-electron chi connectivity index (χ4n) is 2.25. The fourth-order valence-corrected chi connectivity index (χ4v) is 2.25. The minimum Gasteiger partial charge on any atom is -0.477 e. The van der Waals surface area contributed by atoms with Crippen molar-refractivity contribution in [2.45, 2.75) is 27.3 Å². The zero-order valence-electron chi connectivity index (χ0n) is 12.2. The smallest absolute Gasteiger partial charge is 0.352 e. The molecular weight excluding hydrogens is 270 g/mol. The minimum atomic E-state index is -1.07. The molecule has 2 aromatic heterocycles. The number of nitrogens with zero attached hydrogens (tertiary/aromatic N) is 1. The summed E-state index contributed by atoms with van der Waals surface area (Å²) in [5.41, 5.74) is 3.39. The number of pyridine rings is 1. The Morgan fingerprint density at radius 2 is 2.05 bits per heavy atom. The molecule has 0 saturated carbocycles. The number of nitrogens with one attached hydrogen (secondary N) is 2. The number of H-pyrrole nitrogens is 1. The lowest BCUT2D eigenvalue weighted by molar-refractivity contribution is 0.0690. The van der Waals surface area contributed by atoms with E-state index in [2.05, 4.69) is 15.3 Å². The van der Waals surface area contributed by atoms with Gasteiger partial charge >= 0.3 is 5.97 Å². The van der Waals surface area contributed by atoms with Crippen LogP contribution in [0.3, 0.4) is 0 Å². The molecule has 0 atom stereocenters. The maximum Gasteiger partial charge on any atom is 0.352 e. The number of aromatic nitrogens is 2. The van der Waals surface area contributed by atoms with Crippen molar-refractivity contribution in [2.24, 2.45) is 0 Å². The Balaban J connectivity index is 2.18. The van der Waals surface area contributed by atoms with Gasteiger partial charge in [0.25, 0.3) is 5.91 Å². The highest BCUT2D eigenvalue weighted by Gasteiger charge is 2.21. The monoisotopic (exact) mass is 287 g/mol. The van der Waals surface area contributed by atoms with E-state index >= 15 is 0 Å². The third kappa shape index (κ3) is 2.94. The van der Waals surface area contributed by atoms with E-state index < -0.39 is 5.97 Å². The second-order valence-electron chi connectivity index (χ2n) is 4.91. The van der Waals surface area contributed by atoms with Gasteiger partial charge in [-0.2, -0.15) is 0 Å². The number of carbonyl (C=O) groups excluding carboxylic acids is 1. The van der Waals surface area contributed by atoms with E-state index in [9.17, 15) is 9.59 Å². The van der Waals surface area contributed by atoms with Gasteiger partial charge in [0.2, 0.25) is 0 Å². The Morgan fingerprint density at radius 3 is 2.62 bits per heavy atom. The molecule has 0 fully saturated rings. The van der Waals surface area contributed by atoms with Gasteiger partial charge in [0.1, 0.15) is 5.69 Å². The van der Waals surface area contributed by atoms with Gasteiger partial charge in [-0.15, -0.1) is 0 Å². The summed E-state index contributed by atoms with van der Waals surface area (Å²) in [5, 5.41) is 11.9. The number of aromatic carboxylic acids is 1. The Hall–Kier alpha value is -2.63. The lowest BCUT2D eigenvalue weighted by Gasteiger charge is -2.08. The van der Waals surface area contributed by atoms with Crippen LogP contribution >= 0.6 is 0 Å². The van der Waals surface area contributed by atoms with Crippen molar-refractivity contribution in [3.05, 3.63) is 52.1 Å². The Bertz CT molecular complexity index is 704. The van der Waals surface area contributed by atoms with Crippen LogP contribution in [-0.4, -0.2) is 27.0 Å². The molecule has 0 aliphatic carbocycles. The molecule has 3 N–H and O–H groups in total. The quantitative estimate of drug-likeness (QED) is 0.801. The molecule has 0 radical (unpaired) electrons. The number of hydrogen-bond donors (Lipinski definition) is 3. The minimum absolute atomic E-state index is 0.0511. The number of carboxylic acid groups (broad SMARTS) is 1. The number of aryl methyl sites for hydroxylation is 2. The number of carboxylic acids is 1. The van der Waals surface area contributed by atoms with Gasteiger partial charge in [-0.05, 0) is 43.5 Å². The maximum absolute atomic E-state index is 12.3. The zero-order valence-corrected chi connectivity index (χ0v) is 12.2. The van der Waals surface area contributed by atoms with Crippen LogP contribution in [0.4, 0.5) is 0 Å². The molecule has 2 aromatic rings. The third-order valence-corrected chi connectivity index (χ3v) is 3.47. The predicted octanol–water partition coefficient (Wildman–Crippen LogP) is 1.96. The largest absolute Gasteiger partial charge is 0.477 e. The average Bonchev–Trinajstić information content (AvgIpc) is 2.73. The van der Waals surface area contributed by atoms with Gasteiger partial charge < -0.3 is 15.4 Å². The summed E-state index contributed by atoms with van der Waals surface area (Å²) in [4.78, 5) is 30.1. The number of rotatable bonds is 4. The summed E-state index contributed by atoms with van der Waals surface area (Å²) in [5.74, 6) is -1.37. The van der Waals surface area contributed by atoms with Crippen molar-refractivity contribution in [2.75, 3.05) is 0 Å². The first-order chi connectivity index (χ1) is 9.91. The molecule has 6 nitrogen and oxygen atoms in total. The van der Waals surface area contributed by atoms with Gasteiger partial charge in [-0.25, -0.2) is 4.79 Å².